The second-order valence-electron chi connectivity index (χ2n) is 2.93. The number of hydrogen-bond acceptors (Lipinski definition) is 3. The smallest absolute Gasteiger partial charge is 0.407 e. The summed E-state index contributed by atoms with van der Waals surface area (Å²) in [5.74, 6) is 0.358. The molecule has 0 bridgehead atoms. The fraction of sp³-hybridized carbons (Fsp3) is 0.111. The van der Waals surface area contributed by atoms with E-state index in [0.717, 1.165) is 11.1 Å². The number of nitrogens with one attached hydrogen (secondary N) is 1. The van der Waals surface area contributed by atoms with Crippen molar-refractivity contribution in [3.05, 3.63) is 24.0 Å². The summed E-state index contributed by atoms with van der Waals surface area (Å²) < 4.78 is 4.77. The van der Waals surface area contributed by atoms with Crippen LogP contribution in [0.4, 0.5) is 4.79 Å². The molecule has 5 heteroatoms. The predicted octanol–water partition coefficient (Wildman–Crippen LogP) is 1.33. The number of carbonyl (C=O) groups is 1. The van der Waals surface area contributed by atoms with Gasteiger partial charge in [-0.3, -0.25) is 4.98 Å². The van der Waals surface area contributed by atoms with Crippen LogP contribution in [-0.4, -0.2) is 16.1 Å². The highest BCUT2D eigenvalue weighted by atomic mass is 16.5. The number of carbonyl (C=O) groups excluding carboxylic acids is 1. The molecule has 0 aromatic carbocycles. The number of amides is 1. The summed E-state index contributed by atoms with van der Waals surface area (Å²) in [6.07, 6.45) is 2.38. The van der Waals surface area contributed by atoms with Crippen molar-refractivity contribution in [1.29, 1.82) is 0 Å². The van der Waals surface area contributed by atoms with Crippen LogP contribution < -0.4 is 10.5 Å². The number of pyridine rings is 1. The molecule has 0 aliphatic carbocycles. The zero-order valence-electron chi connectivity index (χ0n) is 7.57. The zero-order chi connectivity index (χ0) is 10.1. The summed E-state index contributed by atoms with van der Waals surface area (Å²) in [6, 6.07) is 1.87. The van der Waals surface area contributed by atoms with Gasteiger partial charge in [0.05, 0.1) is 5.52 Å². The molecule has 72 valence electrons. The molecule has 0 saturated carbocycles. The number of nitrogens with zero attached hydrogens (tertiary/aromatic N) is 1. The van der Waals surface area contributed by atoms with Crippen LogP contribution in [-0.2, 0) is 0 Å². The van der Waals surface area contributed by atoms with Crippen molar-refractivity contribution in [2.45, 2.75) is 6.92 Å². The van der Waals surface area contributed by atoms with E-state index in [1.54, 1.807) is 12.4 Å². The first-order valence-corrected chi connectivity index (χ1v) is 4.08. The highest BCUT2D eigenvalue weighted by molar-refractivity contribution is 5.86. The average molecular weight is 191 g/mol. The Kier molecular flexibility index (Phi) is 1.85. The third kappa shape index (κ3) is 1.28. The minimum Gasteiger partial charge on any atom is -0.407 e. The van der Waals surface area contributed by atoms with E-state index in [0.29, 0.717) is 11.3 Å². The monoisotopic (exact) mass is 191 g/mol. The Labute approximate surface area is 79.9 Å². The number of fused-ring (bicyclic) bond motifs is 1. The Balaban J connectivity index is 2.58. The van der Waals surface area contributed by atoms with Crippen LogP contribution in [0.2, 0.25) is 0 Å². The number of H-pyrrole nitrogens is 1. The third-order valence-corrected chi connectivity index (χ3v) is 1.95. The molecule has 0 aliphatic rings. The van der Waals surface area contributed by atoms with E-state index in [1.165, 1.54) is 0 Å². The molecule has 2 heterocycles. The van der Waals surface area contributed by atoms with E-state index >= 15 is 0 Å². The highest BCUT2D eigenvalue weighted by Gasteiger charge is 2.09. The lowest BCUT2D eigenvalue weighted by Gasteiger charge is -1.97. The molecule has 0 spiro atoms. The van der Waals surface area contributed by atoms with Crippen LogP contribution in [0, 0.1) is 6.92 Å². The fourth-order valence-corrected chi connectivity index (χ4v) is 1.32. The molecule has 0 atom stereocenters. The van der Waals surface area contributed by atoms with Gasteiger partial charge < -0.3 is 15.5 Å². The van der Waals surface area contributed by atoms with Gasteiger partial charge in [-0.15, -0.1) is 0 Å². The first-order valence-electron chi connectivity index (χ1n) is 4.08. The van der Waals surface area contributed by atoms with Gasteiger partial charge in [-0.1, -0.05) is 0 Å². The Bertz CT molecular complexity index is 490. The molecule has 0 unspecified atom stereocenters. The van der Waals surface area contributed by atoms with Crippen LogP contribution >= 0.6 is 0 Å². The van der Waals surface area contributed by atoms with Crippen molar-refractivity contribution in [3.8, 4) is 5.75 Å². The summed E-state index contributed by atoms with van der Waals surface area (Å²) in [7, 11) is 0. The largest absolute Gasteiger partial charge is 0.410 e. The van der Waals surface area contributed by atoms with E-state index in [2.05, 4.69) is 9.97 Å². The van der Waals surface area contributed by atoms with Gasteiger partial charge in [0, 0.05) is 12.4 Å². The maximum absolute atomic E-state index is 10.6. The minimum atomic E-state index is -0.839. The van der Waals surface area contributed by atoms with Crippen molar-refractivity contribution in [2.24, 2.45) is 5.73 Å². The molecule has 2 aromatic rings. The van der Waals surface area contributed by atoms with Crippen LogP contribution in [0.3, 0.4) is 0 Å². The number of hydrogen-bond donors (Lipinski definition) is 2. The Morgan fingerprint density at radius 1 is 1.64 bits per heavy atom. The topological polar surface area (TPSA) is 81.0 Å². The Morgan fingerprint density at radius 2 is 2.43 bits per heavy atom. The number of ether oxygens (including phenoxy) is 1. The molecule has 5 nitrogen and oxygen atoms in total. The first kappa shape index (κ1) is 8.55. The molecule has 0 radical (unpaired) electrons. The van der Waals surface area contributed by atoms with Gasteiger partial charge in [0.25, 0.3) is 0 Å². The number of rotatable bonds is 1. The van der Waals surface area contributed by atoms with Crippen molar-refractivity contribution in [3.63, 3.8) is 0 Å². The van der Waals surface area contributed by atoms with Crippen molar-refractivity contribution in [2.75, 3.05) is 0 Å². The van der Waals surface area contributed by atoms with Gasteiger partial charge in [0.15, 0.2) is 5.75 Å². The van der Waals surface area contributed by atoms with Crippen LogP contribution in [0.15, 0.2) is 18.5 Å². The average Bonchev–Trinajstić information content (AvgIpc) is 2.49. The van der Waals surface area contributed by atoms with Crippen molar-refractivity contribution >= 4 is 17.1 Å². The van der Waals surface area contributed by atoms with Crippen LogP contribution in [0.5, 0.6) is 5.75 Å². The minimum absolute atomic E-state index is 0.358. The van der Waals surface area contributed by atoms with Crippen molar-refractivity contribution in [1.82, 2.24) is 9.97 Å². The second-order valence-corrected chi connectivity index (χ2v) is 2.93. The first-order chi connectivity index (χ1) is 6.68. The summed E-state index contributed by atoms with van der Waals surface area (Å²) in [4.78, 5) is 17.6. The number of nitrogens with two attached hydrogens (primary N) is 1. The molecule has 1 amide bonds. The van der Waals surface area contributed by atoms with Crippen LogP contribution in [0.25, 0.3) is 11.0 Å². The molecule has 0 saturated heterocycles. The van der Waals surface area contributed by atoms with Gasteiger partial charge >= 0.3 is 6.09 Å². The van der Waals surface area contributed by atoms with Gasteiger partial charge in [0.2, 0.25) is 0 Å². The lowest BCUT2D eigenvalue weighted by atomic mass is 10.2. The molecule has 3 N–H and O–H groups in total. The predicted molar refractivity (Wildman–Crippen MR) is 51.0 cm³/mol. The Hall–Kier alpha value is -2.04. The van der Waals surface area contributed by atoms with Gasteiger partial charge in [-0.25, -0.2) is 4.79 Å². The van der Waals surface area contributed by atoms with Gasteiger partial charge in [-0.2, -0.15) is 0 Å². The van der Waals surface area contributed by atoms with E-state index in [-0.39, 0.29) is 0 Å². The van der Waals surface area contributed by atoms with E-state index in [9.17, 15) is 4.79 Å². The molecule has 14 heavy (non-hydrogen) atoms. The number of primary amides is 1. The fourth-order valence-electron chi connectivity index (χ4n) is 1.32. The quantitative estimate of drug-likeness (QED) is 0.713. The van der Waals surface area contributed by atoms with Gasteiger partial charge in [-0.05, 0) is 18.6 Å². The van der Waals surface area contributed by atoms with E-state index in [4.69, 9.17) is 10.5 Å². The molecule has 0 fully saturated rings. The molecular weight excluding hydrogens is 182 g/mol. The number of aromatic nitrogens is 2. The summed E-state index contributed by atoms with van der Waals surface area (Å²) >= 11 is 0. The summed E-state index contributed by atoms with van der Waals surface area (Å²) in [6.45, 7) is 1.94. The number of aromatic amines is 1. The van der Waals surface area contributed by atoms with E-state index in [1.807, 2.05) is 13.0 Å². The van der Waals surface area contributed by atoms with Gasteiger partial charge in [0.1, 0.15) is 5.52 Å². The zero-order valence-corrected chi connectivity index (χ0v) is 7.57. The third-order valence-electron chi connectivity index (χ3n) is 1.95. The Morgan fingerprint density at radius 3 is 3.14 bits per heavy atom. The maximum Gasteiger partial charge on any atom is 0.410 e. The van der Waals surface area contributed by atoms with E-state index < -0.39 is 6.09 Å². The molecule has 0 aliphatic heterocycles. The SMILES string of the molecule is Cc1ccnc2c(OC(N)=O)c[nH]c12. The molecule has 2 rings (SSSR count). The second kappa shape index (κ2) is 3.02. The normalized spacial score (nSPS) is 10.4. The lowest BCUT2D eigenvalue weighted by Crippen LogP contribution is -2.16. The van der Waals surface area contributed by atoms with Crippen LogP contribution in [0.1, 0.15) is 5.56 Å². The number of aryl methyl sites for hydroxylation is 1. The summed E-state index contributed by atoms with van der Waals surface area (Å²) in [5.41, 5.74) is 7.41. The van der Waals surface area contributed by atoms with Crippen molar-refractivity contribution < 1.29 is 9.53 Å². The lowest BCUT2D eigenvalue weighted by molar-refractivity contribution is 0.211. The maximum atomic E-state index is 10.6. The highest BCUT2D eigenvalue weighted by Crippen LogP contribution is 2.24. The molecule has 2 aromatic heterocycles. The standard InChI is InChI=1S/C9H9N3O2/c1-5-2-3-11-8-6(14-9(10)13)4-12-7(5)8/h2-4,12H,1H3,(H2,10,13). The molecular formula is C9H9N3O2. The summed E-state index contributed by atoms with van der Waals surface area (Å²) in [5, 5.41) is 0.